The maximum atomic E-state index is 6.38. The maximum Gasteiger partial charge on any atom is 0.191 e. The molecule has 0 saturated heterocycles. The molecular formula is C17H37NOSi. The van der Waals surface area contributed by atoms with Gasteiger partial charge in [0.05, 0.1) is 0 Å². The molecule has 0 heterocycles. The van der Waals surface area contributed by atoms with Crippen LogP contribution in [0.2, 0.25) is 18.1 Å². The lowest BCUT2D eigenvalue weighted by atomic mass is 9.78. The van der Waals surface area contributed by atoms with Crippen molar-refractivity contribution in [3.05, 3.63) is 0 Å². The molecule has 1 rings (SSSR count). The summed E-state index contributed by atoms with van der Waals surface area (Å²) >= 11 is 0. The van der Waals surface area contributed by atoms with Gasteiger partial charge in [-0.1, -0.05) is 34.1 Å². The fraction of sp³-hybridized carbons (Fsp3) is 1.00. The van der Waals surface area contributed by atoms with Crippen molar-refractivity contribution in [1.82, 2.24) is 0 Å². The Balaban J connectivity index is 2.33. The van der Waals surface area contributed by atoms with Gasteiger partial charge in [0.2, 0.25) is 0 Å². The van der Waals surface area contributed by atoms with Gasteiger partial charge in [-0.05, 0) is 62.1 Å². The topological polar surface area (TPSA) is 35.2 Å². The molecule has 0 radical (unpaired) electrons. The molecule has 1 aliphatic carbocycles. The second-order valence-corrected chi connectivity index (χ2v) is 13.1. The first-order valence-electron chi connectivity index (χ1n) is 8.57. The first-order valence-corrected chi connectivity index (χ1v) is 11.5. The smallest absolute Gasteiger partial charge is 0.191 e. The predicted octanol–water partition coefficient (Wildman–Crippen LogP) is 4.94. The number of hydrogen-bond acceptors (Lipinski definition) is 2. The van der Waals surface area contributed by atoms with Gasteiger partial charge in [-0.25, -0.2) is 0 Å². The van der Waals surface area contributed by atoms with E-state index in [0.29, 0.717) is 11.1 Å². The molecule has 20 heavy (non-hydrogen) atoms. The minimum absolute atomic E-state index is 0.327. The summed E-state index contributed by atoms with van der Waals surface area (Å²) in [7, 11) is -1.57. The van der Waals surface area contributed by atoms with Crippen LogP contribution >= 0.6 is 0 Å². The Morgan fingerprint density at radius 1 is 1.15 bits per heavy atom. The number of nitrogens with two attached hydrogens (primary N) is 1. The lowest BCUT2D eigenvalue weighted by Gasteiger charge is -2.39. The fourth-order valence-corrected chi connectivity index (χ4v) is 3.98. The molecule has 0 aromatic rings. The molecule has 0 aliphatic heterocycles. The second kappa shape index (κ2) is 7.41. The fourth-order valence-electron chi connectivity index (χ4n) is 2.89. The maximum absolute atomic E-state index is 6.38. The van der Waals surface area contributed by atoms with Crippen molar-refractivity contribution < 1.29 is 4.43 Å². The van der Waals surface area contributed by atoms with E-state index in [1.165, 1.54) is 38.5 Å². The molecule has 1 fully saturated rings. The molecule has 1 aliphatic rings. The lowest BCUT2D eigenvalue weighted by Crippen LogP contribution is -2.42. The highest BCUT2D eigenvalue weighted by Gasteiger charge is 2.38. The summed E-state index contributed by atoms with van der Waals surface area (Å²) in [4.78, 5) is 0. The van der Waals surface area contributed by atoms with E-state index in [1.54, 1.807) is 0 Å². The van der Waals surface area contributed by atoms with E-state index >= 15 is 0 Å². The molecule has 1 atom stereocenters. The Bertz CT molecular complexity index is 277. The summed E-state index contributed by atoms with van der Waals surface area (Å²) in [6, 6.07) is 0.433. The third kappa shape index (κ3) is 5.16. The number of hydrogen-bond donors (Lipinski definition) is 1. The van der Waals surface area contributed by atoms with Gasteiger partial charge in [0, 0.05) is 12.6 Å². The third-order valence-corrected chi connectivity index (χ3v) is 10.1. The zero-order valence-corrected chi connectivity index (χ0v) is 15.7. The van der Waals surface area contributed by atoms with Crippen LogP contribution in [0.15, 0.2) is 0 Å². The first-order chi connectivity index (χ1) is 9.17. The monoisotopic (exact) mass is 299 g/mol. The summed E-state index contributed by atoms with van der Waals surface area (Å²) in [6.45, 7) is 14.9. The Labute approximate surface area is 128 Å². The summed E-state index contributed by atoms with van der Waals surface area (Å²) in [5.74, 6) is 1.54. The summed E-state index contributed by atoms with van der Waals surface area (Å²) in [6.07, 6.45) is 7.66. The molecule has 3 heteroatoms. The van der Waals surface area contributed by atoms with Crippen LogP contribution in [0.5, 0.6) is 0 Å². The SMILES string of the molecule is CCC[C@@H](N)C1CCC(CO[Si](C)(C)C(C)(C)C)CC1. The molecule has 2 nitrogen and oxygen atoms in total. The molecule has 0 amide bonds. The molecule has 0 aromatic heterocycles. The van der Waals surface area contributed by atoms with Gasteiger partial charge in [-0.3, -0.25) is 0 Å². The molecule has 1 saturated carbocycles. The molecule has 0 bridgehead atoms. The highest BCUT2D eigenvalue weighted by Crippen LogP contribution is 2.38. The minimum Gasteiger partial charge on any atom is -0.417 e. The summed E-state index contributed by atoms with van der Waals surface area (Å²) in [5, 5.41) is 0.327. The molecule has 0 aromatic carbocycles. The van der Waals surface area contributed by atoms with Gasteiger partial charge >= 0.3 is 0 Å². The van der Waals surface area contributed by atoms with Gasteiger partial charge in [-0.15, -0.1) is 0 Å². The van der Waals surface area contributed by atoms with Gasteiger partial charge in [-0.2, -0.15) is 0 Å². The Kier molecular flexibility index (Phi) is 6.74. The average molecular weight is 300 g/mol. The van der Waals surface area contributed by atoms with Crippen LogP contribution in [0.25, 0.3) is 0 Å². The Hall–Kier alpha value is 0.137. The zero-order valence-electron chi connectivity index (χ0n) is 14.7. The van der Waals surface area contributed by atoms with E-state index in [0.717, 1.165) is 18.4 Å². The third-order valence-electron chi connectivity index (χ3n) is 5.60. The van der Waals surface area contributed by atoms with Gasteiger partial charge in [0.1, 0.15) is 0 Å². The summed E-state index contributed by atoms with van der Waals surface area (Å²) in [5.41, 5.74) is 6.28. The standard InChI is InChI=1S/C17H37NOSi/c1-7-8-16(18)15-11-9-14(10-12-15)13-19-20(5,6)17(2,3)4/h14-16H,7-13,18H2,1-6H3/t14?,15?,16-/m1/s1. The van der Waals surface area contributed by atoms with E-state index in [2.05, 4.69) is 40.8 Å². The minimum atomic E-state index is -1.57. The van der Waals surface area contributed by atoms with Crippen molar-refractivity contribution in [2.45, 2.75) is 90.4 Å². The molecule has 0 unspecified atom stereocenters. The number of rotatable bonds is 6. The lowest BCUT2D eigenvalue weighted by molar-refractivity contribution is 0.159. The first kappa shape index (κ1) is 18.2. The Morgan fingerprint density at radius 3 is 2.15 bits per heavy atom. The summed E-state index contributed by atoms with van der Waals surface area (Å²) < 4.78 is 6.38. The van der Waals surface area contributed by atoms with E-state index in [9.17, 15) is 0 Å². The van der Waals surface area contributed by atoms with Crippen LogP contribution in [0, 0.1) is 11.8 Å². The molecule has 120 valence electrons. The molecule has 2 N–H and O–H groups in total. The van der Waals surface area contributed by atoms with Crippen molar-refractivity contribution in [2.24, 2.45) is 17.6 Å². The predicted molar refractivity (Wildman–Crippen MR) is 91.5 cm³/mol. The van der Waals surface area contributed by atoms with Crippen molar-refractivity contribution in [3.8, 4) is 0 Å². The Morgan fingerprint density at radius 2 is 1.70 bits per heavy atom. The van der Waals surface area contributed by atoms with Gasteiger partial charge < -0.3 is 10.2 Å². The van der Waals surface area contributed by atoms with Gasteiger partial charge in [0.15, 0.2) is 8.32 Å². The van der Waals surface area contributed by atoms with Crippen molar-refractivity contribution in [2.75, 3.05) is 6.61 Å². The van der Waals surface area contributed by atoms with Crippen LogP contribution in [0.1, 0.15) is 66.2 Å². The van der Waals surface area contributed by atoms with E-state index in [1.807, 2.05) is 0 Å². The normalized spacial score (nSPS) is 26.6. The highest BCUT2D eigenvalue weighted by molar-refractivity contribution is 6.74. The van der Waals surface area contributed by atoms with E-state index in [4.69, 9.17) is 10.2 Å². The van der Waals surface area contributed by atoms with E-state index < -0.39 is 8.32 Å². The molecular weight excluding hydrogens is 262 g/mol. The average Bonchev–Trinajstić information content (AvgIpc) is 2.36. The highest BCUT2D eigenvalue weighted by atomic mass is 28.4. The quantitative estimate of drug-likeness (QED) is 0.705. The van der Waals surface area contributed by atoms with Crippen molar-refractivity contribution in [1.29, 1.82) is 0 Å². The van der Waals surface area contributed by atoms with Crippen molar-refractivity contribution in [3.63, 3.8) is 0 Å². The van der Waals surface area contributed by atoms with Crippen LogP contribution in [0.4, 0.5) is 0 Å². The van der Waals surface area contributed by atoms with Crippen LogP contribution in [-0.4, -0.2) is 21.0 Å². The van der Waals surface area contributed by atoms with Crippen LogP contribution < -0.4 is 5.73 Å². The van der Waals surface area contributed by atoms with Gasteiger partial charge in [0.25, 0.3) is 0 Å². The van der Waals surface area contributed by atoms with Crippen LogP contribution in [-0.2, 0) is 4.43 Å². The van der Waals surface area contributed by atoms with E-state index in [-0.39, 0.29) is 0 Å². The largest absolute Gasteiger partial charge is 0.417 e. The second-order valence-electron chi connectivity index (χ2n) is 8.30. The van der Waals surface area contributed by atoms with Crippen LogP contribution in [0.3, 0.4) is 0 Å². The molecule has 0 spiro atoms. The zero-order chi connectivity index (χ0) is 15.4. The van der Waals surface area contributed by atoms with Crippen molar-refractivity contribution >= 4 is 8.32 Å².